The maximum absolute atomic E-state index is 10.7. The largest absolute Gasteiger partial charge is 0.386 e. The van der Waals surface area contributed by atoms with Crippen LogP contribution in [-0.2, 0) is 0 Å². The average molecular weight is 317 g/mol. The molecule has 0 aliphatic carbocycles. The van der Waals surface area contributed by atoms with Gasteiger partial charge in [0.2, 0.25) is 0 Å². The van der Waals surface area contributed by atoms with Crippen molar-refractivity contribution in [3.63, 3.8) is 0 Å². The summed E-state index contributed by atoms with van der Waals surface area (Å²) in [6.07, 6.45) is 3.20. The van der Waals surface area contributed by atoms with Crippen LogP contribution in [0.15, 0.2) is 41.8 Å². The van der Waals surface area contributed by atoms with Gasteiger partial charge in [-0.05, 0) is 30.5 Å². The van der Waals surface area contributed by atoms with Crippen LogP contribution in [0.3, 0.4) is 0 Å². The van der Waals surface area contributed by atoms with E-state index in [0.29, 0.717) is 5.70 Å². The third kappa shape index (κ3) is 3.42. The lowest BCUT2D eigenvalue weighted by Crippen LogP contribution is -2.33. The molecule has 0 amide bonds. The van der Waals surface area contributed by atoms with Crippen molar-refractivity contribution in [3.8, 4) is 0 Å². The lowest BCUT2D eigenvalue weighted by molar-refractivity contribution is 0.110. The summed E-state index contributed by atoms with van der Waals surface area (Å²) in [5, 5.41) is 19.5. The van der Waals surface area contributed by atoms with Gasteiger partial charge in [-0.3, -0.25) is 0 Å². The average Bonchev–Trinajstić information content (AvgIpc) is 2.84. The van der Waals surface area contributed by atoms with Crippen LogP contribution < -0.4 is 0 Å². The summed E-state index contributed by atoms with van der Waals surface area (Å²) in [7, 11) is 0. The second-order valence-electron chi connectivity index (χ2n) is 6.52. The number of nitrogens with zero attached hydrogens (tertiary/aromatic N) is 3. The van der Waals surface area contributed by atoms with Crippen molar-refractivity contribution < 1.29 is 5.11 Å². The third-order valence-corrected chi connectivity index (χ3v) is 3.98. The molecule has 2 unspecified atom stereocenters. The molecule has 0 saturated heterocycles. The Hall–Kier alpha value is -1.59. The minimum Gasteiger partial charge on any atom is -0.386 e. The zero-order chi connectivity index (χ0) is 16.5. The van der Waals surface area contributed by atoms with Crippen molar-refractivity contribution in [2.45, 2.75) is 38.7 Å². The van der Waals surface area contributed by atoms with Crippen molar-refractivity contribution >= 4 is 29.4 Å². The topological polar surface area (TPSA) is 50.9 Å². The van der Waals surface area contributed by atoms with E-state index in [4.69, 9.17) is 0 Å². The molecule has 1 N–H and O–H groups in total. The van der Waals surface area contributed by atoms with E-state index in [9.17, 15) is 5.11 Å². The van der Waals surface area contributed by atoms with Gasteiger partial charge in [-0.25, -0.2) is 0 Å². The first-order valence-electron chi connectivity index (χ1n) is 7.30. The highest BCUT2D eigenvalue weighted by Crippen LogP contribution is 2.33. The summed E-state index contributed by atoms with van der Waals surface area (Å²) >= 11 is 4.30. The van der Waals surface area contributed by atoms with Crippen LogP contribution in [-0.4, -0.2) is 26.2 Å². The van der Waals surface area contributed by atoms with Crippen molar-refractivity contribution in [2.75, 3.05) is 0 Å². The van der Waals surface area contributed by atoms with Gasteiger partial charge in [0, 0.05) is 10.8 Å². The minimum atomic E-state index is -0.756. The van der Waals surface area contributed by atoms with E-state index in [-0.39, 0.29) is 11.3 Å². The Bertz CT molecular complexity index is 712. The molecule has 2 rings (SSSR count). The number of hydrogen-bond donors (Lipinski definition) is 2. The monoisotopic (exact) mass is 317 g/mol. The molecular formula is C17H23N3OS. The van der Waals surface area contributed by atoms with E-state index in [1.54, 1.807) is 0 Å². The summed E-state index contributed by atoms with van der Waals surface area (Å²) in [6, 6.07) is 5.56. The maximum Gasteiger partial charge on any atom is 0.114 e. The number of aromatic nitrogens is 3. The lowest BCUT2D eigenvalue weighted by Gasteiger charge is -2.32. The summed E-state index contributed by atoms with van der Waals surface area (Å²) in [6.45, 7) is 12.2. The first kappa shape index (κ1) is 16.8. The van der Waals surface area contributed by atoms with Crippen molar-refractivity contribution in [1.82, 2.24) is 15.0 Å². The van der Waals surface area contributed by atoms with Gasteiger partial charge in [0.15, 0.2) is 0 Å². The summed E-state index contributed by atoms with van der Waals surface area (Å²) < 4.78 is 0. The molecule has 0 aliphatic rings. The molecule has 0 bridgehead atoms. The minimum absolute atomic E-state index is 0.0699. The van der Waals surface area contributed by atoms with E-state index in [1.165, 1.54) is 4.80 Å². The fourth-order valence-electron chi connectivity index (χ4n) is 2.43. The van der Waals surface area contributed by atoms with Crippen LogP contribution in [0.4, 0.5) is 0 Å². The first-order valence-corrected chi connectivity index (χ1v) is 7.75. The molecule has 1 heterocycles. The maximum atomic E-state index is 10.7. The van der Waals surface area contributed by atoms with Gasteiger partial charge < -0.3 is 5.11 Å². The molecule has 2 aromatic rings. The van der Waals surface area contributed by atoms with Gasteiger partial charge in [-0.15, -0.1) is 22.8 Å². The molecule has 1 aromatic heterocycles. The molecule has 0 saturated carbocycles. The van der Waals surface area contributed by atoms with E-state index >= 15 is 0 Å². The molecule has 5 heteroatoms. The predicted octanol–water partition coefficient (Wildman–Crippen LogP) is 3.79. The molecule has 4 nitrogen and oxygen atoms in total. The number of thiol groups is 1. The molecular weight excluding hydrogens is 294 g/mol. The quantitative estimate of drug-likeness (QED) is 0.666. The number of aliphatic hydroxyl groups is 1. The van der Waals surface area contributed by atoms with Crippen LogP contribution in [0.5, 0.6) is 0 Å². The SMILES string of the molecule is C=C(C(O)C(/C=C/C)C(C)(C)C)n1nc2ccc(S)cc2n1. The van der Waals surface area contributed by atoms with Crippen LogP contribution in [0, 0.1) is 11.3 Å². The zero-order valence-electron chi connectivity index (χ0n) is 13.5. The second kappa shape index (κ2) is 6.26. The van der Waals surface area contributed by atoms with Crippen molar-refractivity contribution in [1.29, 1.82) is 0 Å². The second-order valence-corrected chi connectivity index (χ2v) is 7.03. The number of rotatable bonds is 4. The van der Waals surface area contributed by atoms with E-state index < -0.39 is 6.10 Å². The predicted molar refractivity (Wildman–Crippen MR) is 93.9 cm³/mol. The Labute approximate surface area is 136 Å². The van der Waals surface area contributed by atoms with Gasteiger partial charge in [0.25, 0.3) is 0 Å². The summed E-state index contributed by atoms with van der Waals surface area (Å²) in [4.78, 5) is 2.25. The van der Waals surface area contributed by atoms with Crippen molar-refractivity contribution in [2.24, 2.45) is 11.3 Å². The highest BCUT2D eigenvalue weighted by atomic mass is 32.1. The van der Waals surface area contributed by atoms with E-state index in [2.05, 4.69) is 50.2 Å². The highest BCUT2D eigenvalue weighted by Gasteiger charge is 2.31. The summed E-state index contributed by atoms with van der Waals surface area (Å²) in [5.41, 5.74) is 1.86. The highest BCUT2D eigenvalue weighted by molar-refractivity contribution is 7.80. The van der Waals surface area contributed by atoms with Crippen LogP contribution in [0.1, 0.15) is 27.7 Å². The first-order chi connectivity index (χ1) is 10.2. The Morgan fingerprint density at radius 2 is 1.95 bits per heavy atom. The third-order valence-electron chi connectivity index (χ3n) is 3.70. The smallest absolute Gasteiger partial charge is 0.114 e. The van der Waals surface area contributed by atoms with Gasteiger partial charge in [-0.1, -0.05) is 39.5 Å². The summed E-state index contributed by atoms with van der Waals surface area (Å²) in [5.74, 6) is -0.0699. The fraction of sp³-hybridized carbons (Fsp3) is 0.412. The molecule has 2 atom stereocenters. The Morgan fingerprint density at radius 3 is 2.55 bits per heavy atom. The van der Waals surface area contributed by atoms with Gasteiger partial charge in [0.1, 0.15) is 17.1 Å². The van der Waals surface area contributed by atoms with E-state index in [1.807, 2.05) is 37.3 Å². The zero-order valence-corrected chi connectivity index (χ0v) is 14.4. The number of benzene rings is 1. The molecule has 1 aromatic carbocycles. The van der Waals surface area contributed by atoms with E-state index in [0.717, 1.165) is 15.9 Å². The standard InChI is InChI=1S/C17H23N3OS/c1-6-7-13(17(3,4)5)16(21)11(2)20-18-14-9-8-12(22)10-15(14)19-20/h6-10,13,16,21-22H,2H2,1,3-5H3/b7-6+. The molecule has 22 heavy (non-hydrogen) atoms. The number of hydrogen-bond acceptors (Lipinski definition) is 4. The van der Waals surface area contributed by atoms with Crippen molar-refractivity contribution in [3.05, 3.63) is 36.9 Å². The Morgan fingerprint density at radius 1 is 1.32 bits per heavy atom. The van der Waals surface area contributed by atoms with Gasteiger partial charge in [-0.2, -0.15) is 4.80 Å². The molecule has 0 fully saturated rings. The van der Waals surface area contributed by atoms with Crippen LogP contribution in [0.25, 0.3) is 16.7 Å². The fourth-order valence-corrected chi connectivity index (χ4v) is 2.63. The normalized spacial score (nSPS) is 15.4. The Balaban J connectivity index is 2.35. The molecule has 0 aliphatic heterocycles. The van der Waals surface area contributed by atoms with Gasteiger partial charge in [0.05, 0.1) is 5.70 Å². The van der Waals surface area contributed by atoms with Crippen LogP contribution in [0.2, 0.25) is 0 Å². The van der Waals surface area contributed by atoms with Gasteiger partial charge >= 0.3 is 0 Å². The number of allylic oxidation sites excluding steroid dienone is 1. The number of fused-ring (bicyclic) bond motifs is 1. The van der Waals surface area contributed by atoms with Crippen LogP contribution >= 0.6 is 12.6 Å². The lowest BCUT2D eigenvalue weighted by atomic mass is 9.76. The Kier molecular flexibility index (Phi) is 4.78. The molecule has 0 spiro atoms. The molecule has 0 radical (unpaired) electrons. The number of aliphatic hydroxyl groups excluding tert-OH is 1. The molecule has 118 valence electrons.